The van der Waals surface area contributed by atoms with Gasteiger partial charge in [-0.15, -0.1) is 0 Å². The number of piperidine rings is 1. The first kappa shape index (κ1) is 27.3. The summed E-state index contributed by atoms with van der Waals surface area (Å²) in [6.45, 7) is 8.06. The molecule has 1 atom stereocenters. The van der Waals surface area contributed by atoms with Gasteiger partial charge in [-0.2, -0.15) is 13.2 Å². The fraction of sp³-hybridized carbons (Fsp3) is 0.577. The van der Waals surface area contributed by atoms with Crippen molar-refractivity contribution in [3.05, 3.63) is 52.5 Å². The maximum Gasteiger partial charge on any atom is 0.416 e. The molecule has 0 saturated carbocycles. The van der Waals surface area contributed by atoms with Crippen LogP contribution in [0.2, 0.25) is 0 Å². The summed E-state index contributed by atoms with van der Waals surface area (Å²) in [4.78, 5) is 24.4. The van der Waals surface area contributed by atoms with Crippen LogP contribution in [0.25, 0.3) is 0 Å². The fourth-order valence-corrected chi connectivity index (χ4v) is 4.70. The maximum atomic E-state index is 13.3. The molecule has 0 bridgehead atoms. The molecule has 8 nitrogen and oxygen atoms in total. The van der Waals surface area contributed by atoms with E-state index in [1.54, 1.807) is 19.9 Å². The van der Waals surface area contributed by atoms with E-state index >= 15 is 0 Å². The van der Waals surface area contributed by atoms with Gasteiger partial charge in [0.1, 0.15) is 11.6 Å². The van der Waals surface area contributed by atoms with Crippen LogP contribution in [-0.2, 0) is 26.9 Å². The lowest BCUT2D eigenvalue weighted by molar-refractivity contribution is -0.137. The number of likely N-dealkylation sites (tertiary alicyclic amines) is 1. The molecular weight excluding hydrogens is 487 g/mol. The lowest BCUT2D eigenvalue weighted by Gasteiger charge is -2.38. The molecule has 0 unspecified atom stereocenters. The molecule has 0 aliphatic carbocycles. The van der Waals surface area contributed by atoms with Gasteiger partial charge in [0, 0.05) is 24.7 Å². The summed E-state index contributed by atoms with van der Waals surface area (Å²) < 4.78 is 51.3. The SMILES string of the molecule is Cc1nc(CC(=O)NC2(C)CCN(C)CC2)c(C2OCCO2)c(N[C@H](C)c2cccc(C(F)(F)F)c2)n1. The number of nitrogens with one attached hydrogen (secondary N) is 2. The van der Waals surface area contributed by atoms with Gasteiger partial charge < -0.3 is 25.0 Å². The van der Waals surface area contributed by atoms with Crippen LogP contribution in [0.4, 0.5) is 19.0 Å². The van der Waals surface area contributed by atoms with E-state index in [-0.39, 0.29) is 17.9 Å². The number of halogens is 3. The Hall–Kier alpha value is -2.76. The number of hydrogen-bond donors (Lipinski definition) is 2. The molecule has 2 aliphatic heterocycles. The first-order chi connectivity index (χ1) is 17.4. The van der Waals surface area contributed by atoms with E-state index in [1.165, 1.54) is 6.07 Å². The number of carbonyl (C=O) groups is 1. The van der Waals surface area contributed by atoms with Crippen LogP contribution in [0.3, 0.4) is 0 Å². The van der Waals surface area contributed by atoms with Crippen molar-refractivity contribution < 1.29 is 27.4 Å². The molecule has 2 fully saturated rings. The smallest absolute Gasteiger partial charge is 0.363 e. The van der Waals surface area contributed by atoms with Crippen molar-refractivity contribution in [1.82, 2.24) is 20.2 Å². The fourth-order valence-electron chi connectivity index (χ4n) is 4.70. The van der Waals surface area contributed by atoms with Crippen molar-refractivity contribution in [3.63, 3.8) is 0 Å². The zero-order chi connectivity index (χ0) is 26.8. The average molecular weight is 522 g/mol. The Bertz CT molecular complexity index is 1110. The molecule has 202 valence electrons. The number of amides is 1. The first-order valence-electron chi connectivity index (χ1n) is 12.5. The standard InChI is InChI=1S/C26H34F3N5O3/c1-16(18-6-5-7-19(14-18)26(27,28)29)30-23-22(24-36-12-13-37-24)20(31-17(2)32-23)15-21(35)33-25(3)8-10-34(4)11-9-25/h5-7,14,16,24H,8-13,15H2,1-4H3,(H,33,35)(H,30,31,32)/t16-/m1/s1. The second kappa shape index (κ2) is 10.9. The van der Waals surface area contributed by atoms with Crippen molar-refractivity contribution in [2.75, 3.05) is 38.7 Å². The second-order valence-corrected chi connectivity index (χ2v) is 10.1. The molecule has 4 rings (SSSR count). The average Bonchev–Trinajstić information content (AvgIpc) is 3.35. The van der Waals surface area contributed by atoms with Gasteiger partial charge >= 0.3 is 6.18 Å². The van der Waals surface area contributed by atoms with E-state index < -0.39 is 24.1 Å². The molecule has 2 saturated heterocycles. The van der Waals surface area contributed by atoms with Crippen LogP contribution < -0.4 is 10.6 Å². The lowest BCUT2D eigenvalue weighted by Crippen LogP contribution is -2.53. The van der Waals surface area contributed by atoms with E-state index in [1.807, 2.05) is 0 Å². The summed E-state index contributed by atoms with van der Waals surface area (Å²) in [7, 11) is 2.06. The number of aryl methyl sites for hydroxylation is 1. The molecule has 1 amide bonds. The molecule has 2 aromatic rings. The van der Waals surface area contributed by atoms with Crippen LogP contribution >= 0.6 is 0 Å². The van der Waals surface area contributed by atoms with Gasteiger partial charge in [-0.3, -0.25) is 4.79 Å². The number of ether oxygens (including phenoxy) is 2. The van der Waals surface area contributed by atoms with Gasteiger partial charge in [0.05, 0.1) is 36.5 Å². The number of anilines is 1. The monoisotopic (exact) mass is 521 g/mol. The largest absolute Gasteiger partial charge is 0.416 e. The van der Waals surface area contributed by atoms with Crippen LogP contribution in [0.5, 0.6) is 0 Å². The number of aromatic nitrogens is 2. The highest BCUT2D eigenvalue weighted by Crippen LogP contribution is 2.35. The van der Waals surface area contributed by atoms with Crippen molar-refractivity contribution in [2.24, 2.45) is 0 Å². The predicted octanol–water partition coefficient (Wildman–Crippen LogP) is 4.17. The van der Waals surface area contributed by atoms with Crippen LogP contribution in [0.1, 0.15) is 67.2 Å². The normalized spacial score (nSPS) is 19.5. The minimum Gasteiger partial charge on any atom is -0.363 e. The van der Waals surface area contributed by atoms with Crippen LogP contribution in [0, 0.1) is 6.92 Å². The van der Waals surface area contributed by atoms with Gasteiger partial charge in [0.2, 0.25) is 5.91 Å². The van der Waals surface area contributed by atoms with E-state index in [0.29, 0.717) is 41.7 Å². The topological polar surface area (TPSA) is 88.6 Å². The number of rotatable bonds is 7. The first-order valence-corrected chi connectivity index (χ1v) is 12.5. The lowest BCUT2D eigenvalue weighted by atomic mass is 9.89. The second-order valence-electron chi connectivity index (χ2n) is 10.1. The summed E-state index contributed by atoms with van der Waals surface area (Å²) in [5.41, 5.74) is 0.378. The zero-order valence-corrected chi connectivity index (χ0v) is 21.6. The van der Waals surface area contributed by atoms with Crippen molar-refractivity contribution in [1.29, 1.82) is 0 Å². The number of hydrogen-bond acceptors (Lipinski definition) is 7. The third kappa shape index (κ3) is 6.77. The summed E-state index contributed by atoms with van der Waals surface area (Å²) in [5, 5.41) is 6.39. The van der Waals surface area contributed by atoms with Gasteiger partial charge in [0.25, 0.3) is 0 Å². The number of nitrogens with zero attached hydrogens (tertiary/aromatic N) is 3. The summed E-state index contributed by atoms with van der Waals surface area (Å²) >= 11 is 0. The van der Waals surface area contributed by atoms with Gasteiger partial charge in [-0.1, -0.05) is 12.1 Å². The number of alkyl halides is 3. The van der Waals surface area contributed by atoms with E-state index in [2.05, 4.69) is 39.5 Å². The molecule has 0 radical (unpaired) electrons. The highest BCUT2D eigenvalue weighted by atomic mass is 19.4. The number of benzene rings is 1. The summed E-state index contributed by atoms with van der Waals surface area (Å²) in [6, 6.07) is 4.64. The molecule has 2 aliphatic rings. The Kier molecular flexibility index (Phi) is 8.05. The van der Waals surface area contributed by atoms with Crippen molar-refractivity contribution in [3.8, 4) is 0 Å². The third-order valence-corrected chi connectivity index (χ3v) is 6.92. The summed E-state index contributed by atoms with van der Waals surface area (Å²) in [5.74, 6) is 0.632. The highest BCUT2D eigenvalue weighted by Gasteiger charge is 2.33. The third-order valence-electron chi connectivity index (χ3n) is 6.92. The molecule has 3 heterocycles. The minimum atomic E-state index is -4.44. The Balaban J connectivity index is 1.60. The molecule has 1 aromatic carbocycles. The van der Waals surface area contributed by atoms with E-state index in [9.17, 15) is 18.0 Å². The Morgan fingerprint density at radius 3 is 2.54 bits per heavy atom. The van der Waals surface area contributed by atoms with Crippen molar-refractivity contribution in [2.45, 2.75) is 64.1 Å². The van der Waals surface area contributed by atoms with Crippen LogP contribution in [0.15, 0.2) is 24.3 Å². The van der Waals surface area contributed by atoms with Gasteiger partial charge in [-0.05, 0) is 58.4 Å². The zero-order valence-electron chi connectivity index (χ0n) is 21.6. The van der Waals surface area contributed by atoms with Crippen LogP contribution in [-0.4, -0.2) is 59.7 Å². The van der Waals surface area contributed by atoms with E-state index in [4.69, 9.17) is 9.47 Å². The molecule has 0 spiro atoms. The predicted molar refractivity (Wildman–Crippen MR) is 132 cm³/mol. The van der Waals surface area contributed by atoms with E-state index in [0.717, 1.165) is 38.1 Å². The van der Waals surface area contributed by atoms with Gasteiger partial charge in [-0.25, -0.2) is 9.97 Å². The number of carbonyl (C=O) groups excluding carboxylic acids is 1. The Labute approximate surface area is 214 Å². The van der Waals surface area contributed by atoms with Gasteiger partial charge in [0.15, 0.2) is 6.29 Å². The molecule has 11 heteroatoms. The Morgan fingerprint density at radius 2 is 1.89 bits per heavy atom. The Morgan fingerprint density at radius 1 is 1.22 bits per heavy atom. The molecule has 2 N–H and O–H groups in total. The maximum absolute atomic E-state index is 13.3. The summed E-state index contributed by atoms with van der Waals surface area (Å²) in [6.07, 6.45) is -3.52. The van der Waals surface area contributed by atoms with Crippen molar-refractivity contribution >= 4 is 11.7 Å². The highest BCUT2D eigenvalue weighted by molar-refractivity contribution is 5.79. The quantitative estimate of drug-likeness (QED) is 0.566. The molecule has 37 heavy (non-hydrogen) atoms. The minimum absolute atomic E-state index is 0.0000373. The molecule has 1 aromatic heterocycles. The molecular formula is C26H34F3N5O3.